The van der Waals surface area contributed by atoms with Gasteiger partial charge in [-0.2, -0.15) is 0 Å². The van der Waals surface area contributed by atoms with Gasteiger partial charge in [-0.1, -0.05) is 0 Å². The normalized spacial score (nSPS) is 19.8. The highest BCUT2D eigenvalue weighted by molar-refractivity contribution is 6.00. The third-order valence-electron chi connectivity index (χ3n) is 2.73. The maximum Gasteiger partial charge on any atom is 0.172 e. The molecule has 0 aliphatic carbocycles. The average molecular weight is 224 g/mol. The molecule has 0 saturated carbocycles. The van der Waals surface area contributed by atoms with Crippen LogP contribution in [0.3, 0.4) is 0 Å². The fourth-order valence-corrected chi connectivity index (χ4v) is 1.83. The Balaban J connectivity index is 2.30. The first-order valence-electron chi connectivity index (χ1n) is 5.18. The lowest BCUT2D eigenvalue weighted by molar-refractivity contribution is 0.0896. The first-order chi connectivity index (χ1) is 7.72. The number of benzene rings is 1. The summed E-state index contributed by atoms with van der Waals surface area (Å²) < 4.78 is 23.3. The fourth-order valence-electron chi connectivity index (χ4n) is 1.83. The summed E-state index contributed by atoms with van der Waals surface area (Å²) in [7, 11) is 1.47. The van der Waals surface area contributed by atoms with E-state index in [4.69, 9.17) is 9.47 Å². The Hall–Kier alpha value is -1.42. The molecule has 1 fully saturated rings. The van der Waals surface area contributed by atoms with E-state index in [9.17, 15) is 9.18 Å². The molecule has 3 nitrogen and oxygen atoms in total. The van der Waals surface area contributed by atoms with Gasteiger partial charge in [0.2, 0.25) is 0 Å². The van der Waals surface area contributed by atoms with Crippen LogP contribution in [0.5, 0.6) is 5.75 Å². The van der Waals surface area contributed by atoms with Crippen LogP contribution in [0, 0.1) is 11.7 Å². The van der Waals surface area contributed by atoms with Crippen LogP contribution in [0.1, 0.15) is 16.8 Å². The smallest absolute Gasteiger partial charge is 0.172 e. The largest absolute Gasteiger partial charge is 0.496 e. The van der Waals surface area contributed by atoms with Crippen molar-refractivity contribution in [3.63, 3.8) is 0 Å². The molecule has 1 aromatic rings. The summed E-state index contributed by atoms with van der Waals surface area (Å²) in [4.78, 5) is 12.1. The van der Waals surface area contributed by atoms with Gasteiger partial charge in [0, 0.05) is 12.5 Å². The minimum Gasteiger partial charge on any atom is -0.496 e. The summed E-state index contributed by atoms with van der Waals surface area (Å²) in [6.45, 7) is 1.01. The molecule has 86 valence electrons. The van der Waals surface area contributed by atoms with Crippen molar-refractivity contribution in [1.82, 2.24) is 0 Å². The number of hydrogen-bond donors (Lipinski definition) is 0. The lowest BCUT2D eigenvalue weighted by Crippen LogP contribution is -2.15. The Morgan fingerprint density at radius 1 is 1.56 bits per heavy atom. The Bertz CT molecular complexity index is 397. The molecule has 1 heterocycles. The zero-order chi connectivity index (χ0) is 11.5. The number of ether oxygens (including phenoxy) is 2. The molecular weight excluding hydrogens is 211 g/mol. The van der Waals surface area contributed by atoms with Gasteiger partial charge in [-0.15, -0.1) is 0 Å². The monoisotopic (exact) mass is 224 g/mol. The van der Waals surface area contributed by atoms with E-state index in [2.05, 4.69) is 0 Å². The predicted octanol–water partition coefficient (Wildman–Crippen LogP) is 2.05. The Morgan fingerprint density at radius 3 is 3.00 bits per heavy atom. The molecule has 1 unspecified atom stereocenters. The highest BCUT2D eigenvalue weighted by Gasteiger charge is 2.27. The quantitative estimate of drug-likeness (QED) is 0.737. The van der Waals surface area contributed by atoms with Gasteiger partial charge < -0.3 is 9.47 Å². The number of carbonyl (C=O) groups excluding carboxylic acids is 1. The molecular formula is C12H13FO3. The van der Waals surface area contributed by atoms with Crippen molar-refractivity contribution in [1.29, 1.82) is 0 Å². The Labute approximate surface area is 93.2 Å². The number of methoxy groups -OCH3 is 1. The lowest BCUT2D eigenvalue weighted by atomic mass is 9.96. The van der Waals surface area contributed by atoms with E-state index in [0.29, 0.717) is 30.9 Å². The van der Waals surface area contributed by atoms with Crippen molar-refractivity contribution in [3.8, 4) is 5.75 Å². The second-order valence-electron chi connectivity index (χ2n) is 3.77. The molecule has 1 aromatic carbocycles. The predicted molar refractivity (Wildman–Crippen MR) is 56.2 cm³/mol. The number of rotatable bonds is 3. The summed E-state index contributed by atoms with van der Waals surface area (Å²) in [5.74, 6) is -0.286. The molecule has 1 atom stereocenters. The van der Waals surface area contributed by atoms with Crippen LogP contribution < -0.4 is 4.74 Å². The maximum absolute atomic E-state index is 13.1. The van der Waals surface area contributed by atoms with E-state index in [1.54, 1.807) is 0 Å². The number of Topliss-reactive ketones (excluding diaryl/α,β-unsaturated/α-hetero) is 1. The van der Waals surface area contributed by atoms with Gasteiger partial charge in [-0.25, -0.2) is 4.39 Å². The van der Waals surface area contributed by atoms with Gasteiger partial charge in [0.25, 0.3) is 0 Å². The standard InChI is InChI=1S/C12H13FO3/c1-15-11-3-2-9(13)6-10(11)12(14)8-4-5-16-7-8/h2-3,6,8H,4-5,7H2,1H3. The van der Waals surface area contributed by atoms with Gasteiger partial charge in [0.1, 0.15) is 11.6 Å². The molecule has 0 bridgehead atoms. The molecule has 0 N–H and O–H groups in total. The van der Waals surface area contributed by atoms with Crippen LogP contribution in [0.15, 0.2) is 18.2 Å². The van der Waals surface area contributed by atoms with Crippen LogP contribution >= 0.6 is 0 Å². The summed E-state index contributed by atoms with van der Waals surface area (Å²) >= 11 is 0. The van der Waals surface area contributed by atoms with E-state index < -0.39 is 5.82 Å². The highest BCUT2D eigenvalue weighted by atomic mass is 19.1. The van der Waals surface area contributed by atoms with E-state index in [1.165, 1.54) is 25.3 Å². The van der Waals surface area contributed by atoms with Crippen LogP contribution in [0.2, 0.25) is 0 Å². The van der Waals surface area contributed by atoms with Gasteiger partial charge in [0.15, 0.2) is 5.78 Å². The van der Waals surface area contributed by atoms with Crippen LogP contribution in [0.25, 0.3) is 0 Å². The van der Waals surface area contributed by atoms with Crippen LogP contribution in [-0.4, -0.2) is 26.1 Å². The summed E-state index contributed by atoms with van der Waals surface area (Å²) in [6, 6.07) is 3.97. The lowest BCUT2D eigenvalue weighted by Gasteiger charge is -2.10. The molecule has 1 aliphatic rings. The van der Waals surface area contributed by atoms with Gasteiger partial charge >= 0.3 is 0 Å². The molecule has 0 radical (unpaired) electrons. The number of carbonyl (C=O) groups is 1. The minimum atomic E-state index is -0.428. The minimum absolute atomic E-state index is 0.103. The molecule has 2 rings (SSSR count). The van der Waals surface area contributed by atoms with Crippen molar-refractivity contribution in [2.24, 2.45) is 5.92 Å². The number of hydrogen-bond acceptors (Lipinski definition) is 3. The van der Waals surface area contributed by atoms with Gasteiger partial charge in [-0.3, -0.25) is 4.79 Å². The first kappa shape index (κ1) is 11.1. The molecule has 4 heteroatoms. The van der Waals surface area contributed by atoms with Crippen LogP contribution in [-0.2, 0) is 4.74 Å². The van der Waals surface area contributed by atoms with Crippen molar-refractivity contribution in [2.45, 2.75) is 6.42 Å². The van der Waals surface area contributed by atoms with Crippen molar-refractivity contribution in [2.75, 3.05) is 20.3 Å². The average Bonchev–Trinajstić information content (AvgIpc) is 2.81. The molecule has 1 saturated heterocycles. The van der Waals surface area contributed by atoms with Crippen molar-refractivity contribution >= 4 is 5.78 Å². The summed E-state index contributed by atoms with van der Waals surface area (Å²) in [5.41, 5.74) is 0.304. The second kappa shape index (κ2) is 4.61. The van der Waals surface area contributed by atoms with Crippen molar-refractivity contribution in [3.05, 3.63) is 29.6 Å². The molecule has 16 heavy (non-hydrogen) atoms. The molecule has 0 spiro atoms. The molecule has 0 aromatic heterocycles. The van der Waals surface area contributed by atoms with Gasteiger partial charge in [0.05, 0.1) is 19.3 Å². The van der Waals surface area contributed by atoms with E-state index in [-0.39, 0.29) is 11.7 Å². The first-order valence-corrected chi connectivity index (χ1v) is 5.18. The third-order valence-corrected chi connectivity index (χ3v) is 2.73. The number of halogens is 1. The van der Waals surface area contributed by atoms with E-state index in [0.717, 1.165) is 0 Å². The molecule has 1 aliphatic heterocycles. The highest BCUT2D eigenvalue weighted by Crippen LogP contribution is 2.25. The summed E-state index contributed by atoms with van der Waals surface area (Å²) in [6.07, 6.45) is 0.693. The Kier molecular flexibility index (Phi) is 3.19. The zero-order valence-electron chi connectivity index (χ0n) is 9.03. The SMILES string of the molecule is COc1ccc(F)cc1C(=O)C1CCOC1. The van der Waals surface area contributed by atoms with Crippen LogP contribution in [0.4, 0.5) is 4.39 Å². The van der Waals surface area contributed by atoms with Crippen molar-refractivity contribution < 1.29 is 18.7 Å². The number of ketones is 1. The topological polar surface area (TPSA) is 35.5 Å². The van der Waals surface area contributed by atoms with E-state index >= 15 is 0 Å². The molecule has 0 amide bonds. The van der Waals surface area contributed by atoms with Gasteiger partial charge in [-0.05, 0) is 24.6 Å². The maximum atomic E-state index is 13.1. The zero-order valence-corrected chi connectivity index (χ0v) is 9.03. The third kappa shape index (κ3) is 2.07. The van der Waals surface area contributed by atoms with E-state index in [1.807, 2.05) is 0 Å². The Morgan fingerprint density at radius 2 is 2.38 bits per heavy atom. The second-order valence-corrected chi connectivity index (χ2v) is 3.77. The summed E-state index contributed by atoms with van der Waals surface area (Å²) in [5, 5.41) is 0. The fraction of sp³-hybridized carbons (Fsp3) is 0.417.